The van der Waals surface area contributed by atoms with Crippen LogP contribution in [0.15, 0.2) is 68.6 Å². The van der Waals surface area contributed by atoms with Crippen LogP contribution in [0.5, 0.6) is 0 Å². The number of fused-ring (bicyclic) bond motifs is 1. The zero-order valence-corrected chi connectivity index (χ0v) is 18.2. The molecule has 3 aromatic rings. The third-order valence-electron chi connectivity index (χ3n) is 5.44. The Morgan fingerprint density at radius 2 is 2.14 bits per heavy atom. The van der Waals surface area contributed by atoms with Crippen LogP contribution < -0.4 is 0 Å². The highest BCUT2D eigenvalue weighted by atomic mass is 79.9. The van der Waals surface area contributed by atoms with E-state index in [2.05, 4.69) is 32.7 Å². The van der Waals surface area contributed by atoms with Gasteiger partial charge in [-0.3, -0.25) is 4.98 Å². The van der Waals surface area contributed by atoms with Crippen molar-refractivity contribution < 1.29 is 8.81 Å². The average molecular weight is 472 g/mol. The van der Waals surface area contributed by atoms with E-state index in [1.807, 2.05) is 48.3 Å². The van der Waals surface area contributed by atoms with Crippen LogP contribution in [-0.2, 0) is 0 Å². The fourth-order valence-electron chi connectivity index (χ4n) is 4.01. The highest BCUT2D eigenvalue weighted by Gasteiger charge is 2.46. The highest BCUT2D eigenvalue weighted by molar-refractivity contribution is 9.10. The number of thioether (sulfide) groups is 1. The van der Waals surface area contributed by atoms with Gasteiger partial charge in [0.25, 0.3) is 0 Å². The summed E-state index contributed by atoms with van der Waals surface area (Å²) in [4.78, 5) is 12.0. The van der Waals surface area contributed by atoms with E-state index in [1.54, 1.807) is 6.07 Å². The second-order valence-electron chi connectivity index (χ2n) is 7.16. The second kappa shape index (κ2) is 7.61. The summed E-state index contributed by atoms with van der Waals surface area (Å²) in [6, 6.07) is 14.8. The van der Waals surface area contributed by atoms with Gasteiger partial charge in [0.05, 0.1) is 5.69 Å². The molecule has 0 radical (unpaired) electrons. The van der Waals surface area contributed by atoms with Crippen LogP contribution in [0, 0.1) is 5.82 Å². The zero-order chi connectivity index (χ0) is 20.0. The van der Waals surface area contributed by atoms with Crippen molar-refractivity contribution >= 4 is 32.9 Å². The van der Waals surface area contributed by atoms with Gasteiger partial charge >= 0.3 is 0 Å². The lowest BCUT2D eigenvalue weighted by molar-refractivity contribution is 0.226. The maximum atomic E-state index is 13.5. The summed E-state index contributed by atoms with van der Waals surface area (Å²) in [5, 5.41) is 1.07. The number of rotatable bonds is 4. The number of aromatic nitrogens is 1. The summed E-state index contributed by atoms with van der Waals surface area (Å²) in [7, 11) is 0. The summed E-state index contributed by atoms with van der Waals surface area (Å²) in [5.74, 6) is 2.32. The summed E-state index contributed by atoms with van der Waals surface area (Å²) >= 11 is 5.25. The molecule has 1 aromatic carbocycles. The maximum Gasteiger partial charge on any atom is 0.161 e. The van der Waals surface area contributed by atoms with Crippen molar-refractivity contribution in [2.24, 2.45) is 4.99 Å². The summed E-state index contributed by atoms with van der Waals surface area (Å²) in [5.41, 5.74) is 1.77. The van der Waals surface area contributed by atoms with E-state index in [0.29, 0.717) is 16.3 Å². The smallest absolute Gasteiger partial charge is 0.161 e. The number of hydrogen-bond donors (Lipinski definition) is 0. The van der Waals surface area contributed by atoms with Crippen molar-refractivity contribution in [2.45, 2.75) is 31.5 Å². The number of hydrogen-bond acceptors (Lipinski definition) is 5. The molecule has 2 aromatic heterocycles. The number of aliphatic imine (C=N–C) groups is 1. The molecule has 2 aliphatic heterocycles. The minimum Gasteiger partial charge on any atom is -0.459 e. The molecule has 0 N–H and O–H groups in total. The van der Waals surface area contributed by atoms with Crippen molar-refractivity contribution in [3.63, 3.8) is 0 Å². The molecule has 7 heteroatoms. The van der Waals surface area contributed by atoms with Gasteiger partial charge in [0.15, 0.2) is 5.17 Å². The largest absolute Gasteiger partial charge is 0.459 e. The van der Waals surface area contributed by atoms with Gasteiger partial charge in [-0.1, -0.05) is 24.8 Å². The minimum absolute atomic E-state index is 0.0344. The number of furan rings is 1. The van der Waals surface area contributed by atoms with Gasteiger partial charge < -0.3 is 9.32 Å². The van der Waals surface area contributed by atoms with Gasteiger partial charge in [0.1, 0.15) is 29.4 Å². The molecule has 1 saturated heterocycles. The van der Waals surface area contributed by atoms with Crippen molar-refractivity contribution in [1.29, 1.82) is 0 Å². The average Bonchev–Trinajstić information content (AvgIpc) is 3.43. The van der Waals surface area contributed by atoms with Crippen LogP contribution in [0.2, 0.25) is 0 Å². The van der Waals surface area contributed by atoms with E-state index < -0.39 is 0 Å². The number of benzene rings is 1. The first-order chi connectivity index (χ1) is 14.2. The van der Waals surface area contributed by atoms with Crippen molar-refractivity contribution in [2.75, 3.05) is 5.75 Å². The lowest BCUT2D eigenvalue weighted by Crippen LogP contribution is -2.35. The Balaban J connectivity index is 1.56. The summed E-state index contributed by atoms with van der Waals surface area (Å²) < 4.78 is 20.5. The topological polar surface area (TPSA) is 41.6 Å². The SMILES string of the molecule is CC[C@@H]1CSC2=N[C@H](c3ccccn3)[C@@H](c3ccc(-c4ccc(F)cc4Br)o3)N21. The van der Waals surface area contributed by atoms with Crippen LogP contribution in [-0.4, -0.2) is 26.8 Å². The first-order valence-corrected chi connectivity index (χ1v) is 11.4. The van der Waals surface area contributed by atoms with Crippen LogP contribution in [0.25, 0.3) is 11.3 Å². The van der Waals surface area contributed by atoms with Crippen LogP contribution in [0.1, 0.15) is 36.9 Å². The molecule has 1 fully saturated rings. The van der Waals surface area contributed by atoms with E-state index >= 15 is 0 Å². The third-order valence-corrected chi connectivity index (χ3v) is 7.23. The standard InChI is InChI=1S/C22H19BrFN3OS/c1-2-14-12-29-22-26-20(17-5-3-4-10-25-17)21(27(14)22)19-9-8-18(28-19)15-7-6-13(24)11-16(15)23/h3-11,14,20-21H,2,12H2,1H3/t14-,20-,21-/m1/s1. The number of nitrogens with zero attached hydrogens (tertiary/aromatic N) is 3. The summed E-state index contributed by atoms with van der Waals surface area (Å²) in [6.45, 7) is 2.21. The van der Waals surface area contributed by atoms with Crippen molar-refractivity contribution in [3.05, 3.63) is 76.5 Å². The van der Waals surface area contributed by atoms with E-state index in [1.165, 1.54) is 12.1 Å². The Bertz CT molecular complexity index is 1070. The Labute approximate surface area is 181 Å². The maximum absolute atomic E-state index is 13.5. The predicted octanol–water partition coefficient (Wildman–Crippen LogP) is 6.22. The Morgan fingerprint density at radius 3 is 2.90 bits per heavy atom. The summed E-state index contributed by atoms with van der Waals surface area (Å²) in [6.07, 6.45) is 2.86. The third kappa shape index (κ3) is 3.30. The first kappa shape index (κ1) is 18.9. The van der Waals surface area contributed by atoms with Crippen LogP contribution in [0.4, 0.5) is 4.39 Å². The number of pyridine rings is 1. The van der Waals surface area contributed by atoms with Crippen LogP contribution in [0.3, 0.4) is 0 Å². The number of amidine groups is 1. The Kier molecular flexibility index (Phi) is 4.95. The Hall–Kier alpha value is -2.12. The molecular formula is C22H19BrFN3OS. The molecule has 0 bridgehead atoms. The molecule has 3 atom stereocenters. The van der Waals surface area contributed by atoms with Crippen molar-refractivity contribution in [3.8, 4) is 11.3 Å². The molecule has 4 heterocycles. The number of halogens is 2. The molecule has 0 spiro atoms. The molecule has 0 amide bonds. The van der Waals surface area contributed by atoms with Gasteiger partial charge in [-0.05, 0) is 64.8 Å². The van der Waals surface area contributed by atoms with Gasteiger partial charge in [0, 0.05) is 28.0 Å². The molecular weight excluding hydrogens is 453 g/mol. The molecule has 4 nitrogen and oxygen atoms in total. The predicted molar refractivity (Wildman–Crippen MR) is 117 cm³/mol. The minimum atomic E-state index is -0.281. The zero-order valence-electron chi connectivity index (χ0n) is 15.8. The lowest BCUT2D eigenvalue weighted by Gasteiger charge is -2.30. The van der Waals surface area contributed by atoms with Crippen LogP contribution >= 0.6 is 27.7 Å². The Morgan fingerprint density at radius 1 is 1.24 bits per heavy atom. The normalized spacial score (nSPS) is 23.3. The molecule has 29 heavy (non-hydrogen) atoms. The van der Waals surface area contributed by atoms with E-state index in [9.17, 15) is 4.39 Å². The molecule has 2 aliphatic rings. The van der Waals surface area contributed by atoms with Gasteiger partial charge in [-0.15, -0.1) is 0 Å². The van der Waals surface area contributed by atoms with E-state index in [4.69, 9.17) is 9.41 Å². The molecule has 0 unspecified atom stereocenters. The van der Waals surface area contributed by atoms with E-state index in [0.717, 1.165) is 34.4 Å². The quantitative estimate of drug-likeness (QED) is 0.452. The van der Waals surface area contributed by atoms with Crippen molar-refractivity contribution in [1.82, 2.24) is 9.88 Å². The lowest BCUT2D eigenvalue weighted by atomic mass is 10.0. The molecule has 148 valence electrons. The first-order valence-electron chi connectivity index (χ1n) is 9.60. The highest BCUT2D eigenvalue weighted by Crippen LogP contribution is 2.49. The molecule has 0 aliphatic carbocycles. The molecule has 0 saturated carbocycles. The molecule has 5 rings (SSSR count). The fraction of sp³-hybridized carbons (Fsp3) is 0.273. The van der Waals surface area contributed by atoms with Gasteiger partial charge in [-0.2, -0.15) is 0 Å². The second-order valence-corrected chi connectivity index (χ2v) is 9.00. The van der Waals surface area contributed by atoms with E-state index in [-0.39, 0.29) is 17.9 Å². The monoisotopic (exact) mass is 471 g/mol. The van der Waals surface area contributed by atoms with Gasteiger partial charge in [-0.25, -0.2) is 9.38 Å². The van der Waals surface area contributed by atoms with Gasteiger partial charge in [0.2, 0.25) is 0 Å². The fourth-order valence-corrected chi connectivity index (χ4v) is 5.89.